The summed E-state index contributed by atoms with van der Waals surface area (Å²) >= 11 is 0. The summed E-state index contributed by atoms with van der Waals surface area (Å²) in [6, 6.07) is 19.4. The number of benzene rings is 2. The zero-order valence-corrected chi connectivity index (χ0v) is 16.0. The van der Waals surface area contributed by atoms with Gasteiger partial charge in [-0.1, -0.05) is 48.5 Å². The standard InChI is InChI=1S/C23H26N2O2/c1-24(2)23(26)19-10-8-18(9-11-19)20-12-21-15-27-16-22(13-20)25(21)14-17-6-4-3-5-7-17/h3-12,21-22H,13-16H2,1-2H3. The summed E-state index contributed by atoms with van der Waals surface area (Å²) in [5.74, 6) is 0.0403. The van der Waals surface area contributed by atoms with Crippen molar-refractivity contribution in [1.29, 1.82) is 0 Å². The van der Waals surface area contributed by atoms with E-state index in [1.54, 1.807) is 19.0 Å². The van der Waals surface area contributed by atoms with E-state index in [4.69, 9.17) is 4.74 Å². The number of nitrogens with zero attached hydrogens (tertiary/aromatic N) is 2. The molecule has 4 heteroatoms. The van der Waals surface area contributed by atoms with E-state index in [2.05, 4.69) is 53.4 Å². The van der Waals surface area contributed by atoms with Crippen LogP contribution < -0.4 is 0 Å². The SMILES string of the molecule is CN(C)C(=O)c1ccc(C2=CC3COCC(C2)N3Cc2ccccc2)cc1. The van der Waals surface area contributed by atoms with E-state index in [1.165, 1.54) is 16.7 Å². The van der Waals surface area contributed by atoms with Crippen LogP contribution in [-0.4, -0.2) is 55.1 Å². The average Bonchev–Trinajstić information content (AvgIpc) is 2.68. The lowest BCUT2D eigenvalue weighted by Gasteiger charge is -2.44. The Morgan fingerprint density at radius 2 is 1.81 bits per heavy atom. The lowest BCUT2D eigenvalue weighted by Crippen LogP contribution is -2.53. The fraction of sp³-hybridized carbons (Fsp3) is 0.348. The highest BCUT2D eigenvalue weighted by Crippen LogP contribution is 2.33. The molecule has 0 spiro atoms. The van der Waals surface area contributed by atoms with Crippen molar-refractivity contribution in [3.8, 4) is 0 Å². The van der Waals surface area contributed by atoms with Gasteiger partial charge in [-0.05, 0) is 35.3 Å². The van der Waals surface area contributed by atoms with E-state index >= 15 is 0 Å². The Kier molecular flexibility index (Phi) is 5.10. The van der Waals surface area contributed by atoms with Crippen LogP contribution in [-0.2, 0) is 11.3 Å². The van der Waals surface area contributed by atoms with Gasteiger partial charge < -0.3 is 9.64 Å². The van der Waals surface area contributed by atoms with Crippen LogP contribution in [0.3, 0.4) is 0 Å². The van der Waals surface area contributed by atoms with Crippen LogP contribution in [0.1, 0.15) is 27.9 Å². The van der Waals surface area contributed by atoms with Gasteiger partial charge in [0.05, 0.1) is 19.3 Å². The number of carbonyl (C=O) groups excluding carboxylic acids is 1. The summed E-state index contributed by atoms with van der Waals surface area (Å²) in [6.45, 7) is 2.47. The van der Waals surface area contributed by atoms with Crippen LogP contribution in [0.2, 0.25) is 0 Å². The van der Waals surface area contributed by atoms with Crippen molar-refractivity contribution >= 4 is 11.5 Å². The zero-order valence-electron chi connectivity index (χ0n) is 16.0. The van der Waals surface area contributed by atoms with Gasteiger partial charge in [0, 0.05) is 32.2 Å². The topological polar surface area (TPSA) is 32.8 Å². The summed E-state index contributed by atoms with van der Waals surface area (Å²) in [7, 11) is 3.56. The predicted octanol–water partition coefficient (Wildman–Crippen LogP) is 3.45. The van der Waals surface area contributed by atoms with Crippen molar-refractivity contribution in [3.05, 3.63) is 77.4 Å². The van der Waals surface area contributed by atoms with Crippen molar-refractivity contribution in [3.63, 3.8) is 0 Å². The summed E-state index contributed by atoms with van der Waals surface area (Å²) in [6.07, 6.45) is 3.33. The number of hydrogen-bond acceptors (Lipinski definition) is 3. The molecule has 0 aromatic heterocycles. The minimum Gasteiger partial charge on any atom is -0.378 e. The molecule has 2 unspecified atom stereocenters. The van der Waals surface area contributed by atoms with Gasteiger partial charge in [-0.25, -0.2) is 0 Å². The number of hydrogen-bond donors (Lipinski definition) is 0. The quantitative estimate of drug-likeness (QED) is 0.835. The number of carbonyl (C=O) groups is 1. The van der Waals surface area contributed by atoms with Crippen LogP contribution in [0.4, 0.5) is 0 Å². The average molecular weight is 362 g/mol. The fourth-order valence-electron chi connectivity index (χ4n) is 4.00. The lowest BCUT2D eigenvalue weighted by molar-refractivity contribution is -0.0402. The van der Waals surface area contributed by atoms with Gasteiger partial charge in [-0.15, -0.1) is 0 Å². The Bertz CT molecular complexity index is 827. The maximum absolute atomic E-state index is 12.1. The van der Waals surface area contributed by atoms with Crippen molar-refractivity contribution < 1.29 is 9.53 Å². The molecule has 0 saturated carbocycles. The molecule has 2 atom stereocenters. The van der Waals surface area contributed by atoms with E-state index in [0.717, 1.165) is 31.7 Å². The number of ether oxygens (including phenoxy) is 1. The monoisotopic (exact) mass is 362 g/mol. The van der Waals surface area contributed by atoms with Crippen molar-refractivity contribution in [1.82, 2.24) is 9.80 Å². The van der Waals surface area contributed by atoms with E-state index in [0.29, 0.717) is 12.1 Å². The summed E-state index contributed by atoms with van der Waals surface area (Å²) in [5, 5.41) is 0. The van der Waals surface area contributed by atoms with Crippen LogP contribution in [0.15, 0.2) is 60.7 Å². The third-order valence-electron chi connectivity index (χ3n) is 5.46. The molecule has 4 rings (SSSR count). The van der Waals surface area contributed by atoms with Gasteiger partial charge in [-0.3, -0.25) is 9.69 Å². The number of amides is 1. The molecule has 1 amide bonds. The second-order valence-electron chi connectivity index (χ2n) is 7.59. The van der Waals surface area contributed by atoms with E-state index < -0.39 is 0 Å². The first kappa shape index (κ1) is 18.0. The van der Waals surface area contributed by atoms with Gasteiger partial charge in [0.1, 0.15) is 0 Å². The van der Waals surface area contributed by atoms with Crippen LogP contribution >= 0.6 is 0 Å². The molecule has 0 N–H and O–H groups in total. The first-order valence-electron chi connectivity index (χ1n) is 9.52. The highest BCUT2D eigenvalue weighted by atomic mass is 16.5. The lowest BCUT2D eigenvalue weighted by atomic mass is 9.89. The molecular weight excluding hydrogens is 336 g/mol. The molecule has 2 heterocycles. The Morgan fingerprint density at radius 3 is 2.48 bits per heavy atom. The van der Waals surface area contributed by atoms with E-state index in [9.17, 15) is 4.79 Å². The Morgan fingerprint density at radius 1 is 1.07 bits per heavy atom. The molecule has 1 saturated heterocycles. The molecule has 2 aromatic rings. The summed E-state index contributed by atoms with van der Waals surface area (Å²) in [4.78, 5) is 16.3. The van der Waals surface area contributed by atoms with Crippen molar-refractivity contribution in [2.24, 2.45) is 0 Å². The van der Waals surface area contributed by atoms with Crippen LogP contribution in [0.5, 0.6) is 0 Å². The van der Waals surface area contributed by atoms with Gasteiger partial charge in [0.25, 0.3) is 5.91 Å². The molecule has 0 radical (unpaired) electrons. The number of morpholine rings is 1. The van der Waals surface area contributed by atoms with Crippen LogP contribution in [0, 0.1) is 0 Å². The normalized spacial score (nSPS) is 22.2. The molecule has 27 heavy (non-hydrogen) atoms. The van der Waals surface area contributed by atoms with E-state index in [-0.39, 0.29) is 5.91 Å². The van der Waals surface area contributed by atoms with Gasteiger partial charge >= 0.3 is 0 Å². The van der Waals surface area contributed by atoms with Gasteiger partial charge in [0.15, 0.2) is 0 Å². The summed E-state index contributed by atoms with van der Waals surface area (Å²) in [5.41, 5.74) is 4.65. The maximum atomic E-state index is 12.1. The molecule has 2 aliphatic rings. The molecule has 1 fully saturated rings. The molecule has 140 valence electrons. The number of fused-ring (bicyclic) bond motifs is 2. The zero-order chi connectivity index (χ0) is 18.8. The third kappa shape index (κ3) is 3.82. The van der Waals surface area contributed by atoms with E-state index in [1.807, 2.05) is 12.1 Å². The Labute approximate surface area is 161 Å². The predicted molar refractivity (Wildman–Crippen MR) is 107 cm³/mol. The minimum absolute atomic E-state index is 0.0403. The molecule has 0 aliphatic carbocycles. The second-order valence-corrected chi connectivity index (χ2v) is 7.59. The third-order valence-corrected chi connectivity index (χ3v) is 5.46. The highest BCUT2D eigenvalue weighted by Gasteiger charge is 2.34. The largest absolute Gasteiger partial charge is 0.378 e. The van der Waals surface area contributed by atoms with Gasteiger partial charge in [0.2, 0.25) is 0 Å². The van der Waals surface area contributed by atoms with Crippen molar-refractivity contribution in [2.45, 2.75) is 25.0 Å². The van der Waals surface area contributed by atoms with Crippen molar-refractivity contribution in [2.75, 3.05) is 27.3 Å². The summed E-state index contributed by atoms with van der Waals surface area (Å²) < 4.78 is 5.83. The van der Waals surface area contributed by atoms with Crippen LogP contribution in [0.25, 0.3) is 5.57 Å². The molecule has 2 aliphatic heterocycles. The maximum Gasteiger partial charge on any atom is 0.253 e. The van der Waals surface area contributed by atoms with Gasteiger partial charge in [-0.2, -0.15) is 0 Å². The fourth-order valence-corrected chi connectivity index (χ4v) is 4.00. The Balaban J connectivity index is 1.54. The first-order valence-corrected chi connectivity index (χ1v) is 9.52. The molecule has 2 bridgehead atoms. The second kappa shape index (κ2) is 7.67. The molecule has 2 aromatic carbocycles. The molecule has 4 nitrogen and oxygen atoms in total. The highest BCUT2D eigenvalue weighted by molar-refractivity contribution is 5.94. The smallest absolute Gasteiger partial charge is 0.253 e. The Hall–Kier alpha value is -2.43. The number of rotatable bonds is 4. The first-order chi connectivity index (χ1) is 13.1. The minimum atomic E-state index is 0.0403. The molecular formula is C23H26N2O2.